The van der Waals surface area contributed by atoms with Crippen LogP contribution in [0.25, 0.3) is 0 Å². The molecule has 0 unspecified atom stereocenters. The number of ether oxygens (including phenoxy) is 2. The lowest BCUT2D eigenvalue weighted by Gasteiger charge is -2.08. The molecule has 2 rings (SSSR count). The highest BCUT2D eigenvalue weighted by Gasteiger charge is 2.02. The molecule has 1 amide bonds. The van der Waals surface area contributed by atoms with E-state index in [1.54, 1.807) is 7.11 Å². The molecule has 0 aromatic heterocycles. The third-order valence-electron chi connectivity index (χ3n) is 3.18. The fourth-order valence-corrected chi connectivity index (χ4v) is 2.01. The second-order valence-electron chi connectivity index (χ2n) is 4.89. The van der Waals surface area contributed by atoms with Gasteiger partial charge in [-0.15, -0.1) is 0 Å². The van der Waals surface area contributed by atoms with Gasteiger partial charge in [0.2, 0.25) is 5.91 Å². The summed E-state index contributed by atoms with van der Waals surface area (Å²) in [6.07, 6.45) is 1.15. The Balaban J connectivity index is 1.63. The summed E-state index contributed by atoms with van der Waals surface area (Å²) in [4.78, 5) is 11.8. The second-order valence-corrected chi connectivity index (χ2v) is 4.89. The lowest BCUT2D eigenvalue weighted by Crippen LogP contribution is -2.22. The maximum Gasteiger partial charge on any atom is 0.220 e. The third-order valence-corrected chi connectivity index (χ3v) is 3.18. The van der Waals surface area contributed by atoms with Gasteiger partial charge >= 0.3 is 0 Å². The number of nitrogens with one attached hydrogen (secondary N) is 1. The number of carbonyl (C=O) groups excluding carboxylic acids is 1. The molecule has 2 aromatic rings. The van der Waals surface area contributed by atoms with Crippen molar-refractivity contribution >= 4 is 5.91 Å². The first-order valence-corrected chi connectivity index (χ1v) is 7.35. The maximum absolute atomic E-state index is 11.8. The molecule has 0 saturated carbocycles. The van der Waals surface area contributed by atoms with Gasteiger partial charge in [-0.2, -0.15) is 0 Å². The summed E-state index contributed by atoms with van der Waals surface area (Å²) in [6.45, 7) is 1.05. The van der Waals surface area contributed by atoms with Crippen molar-refractivity contribution in [2.45, 2.75) is 19.4 Å². The van der Waals surface area contributed by atoms with E-state index < -0.39 is 0 Å². The number of hydrogen-bond donors (Lipinski definition) is 1. The first kappa shape index (κ1) is 15.9. The number of para-hydroxylation sites is 1. The maximum atomic E-state index is 11.8. The van der Waals surface area contributed by atoms with E-state index in [-0.39, 0.29) is 5.91 Å². The summed E-state index contributed by atoms with van der Waals surface area (Å²) in [7, 11) is 1.63. The predicted molar refractivity (Wildman–Crippen MR) is 86.0 cm³/mol. The van der Waals surface area contributed by atoms with E-state index >= 15 is 0 Å². The number of hydrogen-bond acceptors (Lipinski definition) is 3. The number of rotatable bonds is 8. The van der Waals surface area contributed by atoms with E-state index in [0.29, 0.717) is 26.0 Å². The lowest BCUT2D eigenvalue weighted by molar-refractivity contribution is -0.121. The molecule has 116 valence electrons. The molecule has 0 aliphatic rings. The second kappa shape index (κ2) is 8.72. The van der Waals surface area contributed by atoms with E-state index in [0.717, 1.165) is 17.1 Å². The van der Waals surface area contributed by atoms with Crippen LogP contribution in [0.2, 0.25) is 0 Å². The Labute approximate surface area is 131 Å². The van der Waals surface area contributed by atoms with Gasteiger partial charge in [0.15, 0.2) is 0 Å². The molecule has 0 atom stereocenters. The Kier molecular flexibility index (Phi) is 6.30. The highest BCUT2D eigenvalue weighted by molar-refractivity contribution is 5.75. The standard InChI is InChI=1S/C18H21NO3/c1-21-17-10-5-7-15(13-17)14-19-18(20)11-6-12-22-16-8-3-2-4-9-16/h2-5,7-10,13H,6,11-12,14H2,1H3,(H,19,20). The van der Waals surface area contributed by atoms with Crippen LogP contribution in [0.3, 0.4) is 0 Å². The van der Waals surface area contributed by atoms with E-state index in [1.165, 1.54) is 0 Å². The van der Waals surface area contributed by atoms with E-state index in [9.17, 15) is 4.79 Å². The van der Waals surface area contributed by atoms with Gasteiger partial charge in [-0.3, -0.25) is 4.79 Å². The molecule has 0 fully saturated rings. The van der Waals surface area contributed by atoms with Crippen molar-refractivity contribution in [3.8, 4) is 11.5 Å². The molecule has 0 saturated heterocycles. The summed E-state index contributed by atoms with van der Waals surface area (Å²) in [6, 6.07) is 17.3. The normalized spacial score (nSPS) is 10.0. The number of benzene rings is 2. The van der Waals surface area contributed by atoms with Crippen LogP contribution in [0, 0.1) is 0 Å². The van der Waals surface area contributed by atoms with Gasteiger partial charge < -0.3 is 14.8 Å². The Hall–Kier alpha value is -2.49. The molecular formula is C18H21NO3. The van der Waals surface area contributed by atoms with Crippen LogP contribution in [0.15, 0.2) is 54.6 Å². The highest BCUT2D eigenvalue weighted by Crippen LogP contribution is 2.12. The quantitative estimate of drug-likeness (QED) is 0.762. The zero-order valence-electron chi connectivity index (χ0n) is 12.7. The van der Waals surface area contributed by atoms with Crippen LogP contribution in [0.5, 0.6) is 11.5 Å². The van der Waals surface area contributed by atoms with Gasteiger partial charge in [-0.05, 0) is 36.2 Å². The highest BCUT2D eigenvalue weighted by atomic mass is 16.5. The fraction of sp³-hybridized carbons (Fsp3) is 0.278. The summed E-state index contributed by atoms with van der Waals surface area (Å²) >= 11 is 0. The number of methoxy groups -OCH3 is 1. The van der Waals surface area contributed by atoms with Gasteiger partial charge in [-0.25, -0.2) is 0 Å². The Bertz CT molecular complexity index is 584. The van der Waals surface area contributed by atoms with Crippen molar-refractivity contribution in [1.29, 1.82) is 0 Å². The van der Waals surface area contributed by atoms with Crippen molar-refractivity contribution in [2.24, 2.45) is 0 Å². The molecule has 1 N–H and O–H groups in total. The van der Waals surface area contributed by atoms with Crippen molar-refractivity contribution in [1.82, 2.24) is 5.32 Å². The number of carbonyl (C=O) groups is 1. The minimum Gasteiger partial charge on any atom is -0.497 e. The molecule has 4 nitrogen and oxygen atoms in total. The molecule has 0 aliphatic heterocycles. The van der Waals surface area contributed by atoms with Gasteiger partial charge in [0.25, 0.3) is 0 Å². The van der Waals surface area contributed by atoms with Crippen LogP contribution in [0.4, 0.5) is 0 Å². The first-order valence-electron chi connectivity index (χ1n) is 7.35. The summed E-state index contributed by atoms with van der Waals surface area (Å²) in [5.74, 6) is 1.65. The zero-order chi connectivity index (χ0) is 15.6. The van der Waals surface area contributed by atoms with E-state index in [2.05, 4.69) is 5.32 Å². The average molecular weight is 299 g/mol. The van der Waals surface area contributed by atoms with Crippen LogP contribution in [0.1, 0.15) is 18.4 Å². The summed E-state index contributed by atoms with van der Waals surface area (Å²) in [5, 5.41) is 2.90. The molecular weight excluding hydrogens is 278 g/mol. The molecule has 0 spiro atoms. The van der Waals surface area contributed by atoms with Crippen LogP contribution >= 0.6 is 0 Å². The molecule has 22 heavy (non-hydrogen) atoms. The smallest absolute Gasteiger partial charge is 0.220 e. The minimum atomic E-state index is 0.0273. The molecule has 0 aliphatic carbocycles. The largest absolute Gasteiger partial charge is 0.497 e. The Morgan fingerprint density at radius 3 is 2.59 bits per heavy atom. The third kappa shape index (κ3) is 5.48. The number of amides is 1. The van der Waals surface area contributed by atoms with Gasteiger partial charge in [-0.1, -0.05) is 30.3 Å². The molecule has 2 aromatic carbocycles. The van der Waals surface area contributed by atoms with Gasteiger partial charge in [0.05, 0.1) is 13.7 Å². The van der Waals surface area contributed by atoms with Crippen molar-refractivity contribution in [3.05, 3.63) is 60.2 Å². The molecule has 0 heterocycles. The molecule has 0 radical (unpaired) electrons. The van der Waals surface area contributed by atoms with Crippen LogP contribution in [-0.2, 0) is 11.3 Å². The Morgan fingerprint density at radius 1 is 1.05 bits per heavy atom. The summed E-state index contributed by atoms with van der Waals surface area (Å²) in [5.41, 5.74) is 1.02. The van der Waals surface area contributed by atoms with Gasteiger partial charge in [0, 0.05) is 13.0 Å². The molecule has 4 heteroatoms. The average Bonchev–Trinajstić information content (AvgIpc) is 2.58. The summed E-state index contributed by atoms with van der Waals surface area (Å²) < 4.78 is 10.7. The van der Waals surface area contributed by atoms with E-state index in [1.807, 2.05) is 54.6 Å². The predicted octanol–water partition coefficient (Wildman–Crippen LogP) is 3.17. The van der Waals surface area contributed by atoms with Crippen molar-refractivity contribution < 1.29 is 14.3 Å². The monoisotopic (exact) mass is 299 g/mol. The van der Waals surface area contributed by atoms with Crippen molar-refractivity contribution in [3.63, 3.8) is 0 Å². The van der Waals surface area contributed by atoms with Gasteiger partial charge in [0.1, 0.15) is 11.5 Å². The fourth-order valence-electron chi connectivity index (χ4n) is 2.01. The van der Waals surface area contributed by atoms with Crippen LogP contribution in [-0.4, -0.2) is 19.6 Å². The molecule has 0 bridgehead atoms. The first-order chi connectivity index (χ1) is 10.8. The van der Waals surface area contributed by atoms with E-state index in [4.69, 9.17) is 9.47 Å². The lowest BCUT2D eigenvalue weighted by atomic mass is 10.2. The topological polar surface area (TPSA) is 47.6 Å². The SMILES string of the molecule is COc1cccc(CNC(=O)CCCOc2ccccc2)c1. The van der Waals surface area contributed by atoms with Crippen LogP contribution < -0.4 is 14.8 Å². The van der Waals surface area contributed by atoms with Crippen molar-refractivity contribution in [2.75, 3.05) is 13.7 Å². The minimum absolute atomic E-state index is 0.0273. The Morgan fingerprint density at radius 2 is 1.82 bits per heavy atom. The zero-order valence-corrected chi connectivity index (χ0v) is 12.7.